The number of allylic oxidation sites excluding steroid dienone is 3. The van der Waals surface area contributed by atoms with Crippen molar-refractivity contribution in [3.05, 3.63) is 23.8 Å². The summed E-state index contributed by atoms with van der Waals surface area (Å²) in [7, 11) is 1.90. The molecule has 102 valence electrons. The van der Waals surface area contributed by atoms with Gasteiger partial charge in [0.25, 0.3) is 0 Å². The third kappa shape index (κ3) is 1.97. The van der Waals surface area contributed by atoms with Gasteiger partial charge in [0.1, 0.15) is 0 Å². The van der Waals surface area contributed by atoms with Gasteiger partial charge in [-0.25, -0.2) is 0 Å². The first kappa shape index (κ1) is 13.9. The minimum absolute atomic E-state index is 0.282. The summed E-state index contributed by atoms with van der Waals surface area (Å²) in [5.74, 6) is 1.41. The molecule has 0 saturated carbocycles. The molecule has 0 N–H and O–H groups in total. The Balaban J connectivity index is 2.49. The van der Waals surface area contributed by atoms with Crippen molar-refractivity contribution >= 4 is 0 Å². The van der Waals surface area contributed by atoms with Gasteiger partial charge < -0.3 is 4.74 Å². The Hall–Kier alpha value is -0.560. The molecule has 0 aromatic rings. The zero-order valence-corrected chi connectivity index (χ0v) is 12.4. The highest BCUT2D eigenvalue weighted by atomic mass is 16.5. The maximum atomic E-state index is 5.92. The van der Waals surface area contributed by atoms with Crippen molar-refractivity contribution in [1.82, 2.24) is 0 Å². The molecule has 0 spiro atoms. The van der Waals surface area contributed by atoms with Crippen LogP contribution >= 0.6 is 0 Å². The molecule has 2 rings (SSSR count). The van der Waals surface area contributed by atoms with Crippen LogP contribution in [0.15, 0.2) is 23.8 Å². The lowest BCUT2D eigenvalue weighted by atomic mass is 9.54. The van der Waals surface area contributed by atoms with Gasteiger partial charge in [-0.15, -0.1) is 0 Å². The van der Waals surface area contributed by atoms with E-state index in [1.807, 2.05) is 7.11 Å². The number of ether oxygens (including phenoxy) is 1. The third-order valence-electron chi connectivity index (χ3n) is 5.17. The van der Waals surface area contributed by atoms with Crippen LogP contribution in [-0.4, -0.2) is 13.2 Å². The third-order valence-corrected chi connectivity index (χ3v) is 5.17. The van der Waals surface area contributed by atoms with Crippen LogP contribution in [0.3, 0.4) is 0 Å². The van der Waals surface area contributed by atoms with E-state index < -0.39 is 0 Å². The molecule has 4 atom stereocenters. The number of fused-ring (bicyclic) bond motifs is 1. The molecule has 0 bridgehead atoms. The monoisotopic (exact) mass is 248 g/mol. The molecule has 0 unspecified atom stereocenters. The Morgan fingerprint density at radius 2 is 2.17 bits per heavy atom. The predicted octanol–water partition coefficient (Wildman–Crippen LogP) is 4.74. The number of hydrogen-bond donors (Lipinski definition) is 0. The highest BCUT2D eigenvalue weighted by Gasteiger charge is 2.50. The maximum Gasteiger partial charge on any atom is 0.0673 e. The predicted molar refractivity (Wildman–Crippen MR) is 77.5 cm³/mol. The summed E-state index contributed by atoms with van der Waals surface area (Å²) in [4.78, 5) is 0. The summed E-state index contributed by atoms with van der Waals surface area (Å²) in [6.45, 7) is 7.03. The van der Waals surface area contributed by atoms with Crippen LogP contribution in [0.25, 0.3) is 0 Å². The first-order valence-corrected chi connectivity index (χ1v) is 7.62. The average molecular weight is 248 g/mol. The lowest BCUT2D eigenvalue weighted by molar-refractivity contribution is -0.0525. The standard InChI is InChI=1S/C17H28O/c1-5-12-17-14(8-7-9-16(17)18-4)11-10-13(3)15(17)6-2/h8,10-11,13,15-16H,5-7,9,12H2,1-4H3/t13-,15-,16-,17-/m0/s1. The van der Waals surface area contributed by atoms with E-state index >= 15 is 0 Å². The summed E-state index contributed by atoms with van der Waals surface area (Å²) in [6, 6.07) is 0. The Bertz CT molecular complexity index is 342. The van der Waals surface area contributed by atoms with Crippen LogP contribution in [-0.2, 0) is 4.74 Å². The van der Waals surface area contributed by atoms with E-state index in [0.717, 1.165) is 5.92 Å². The van der Waals surface area contributed by atoms with Crippen LogP contribution < -0.4 is 0 Å². The molecule has 0 aromatic heterocycles. The van der Waals surface area contributed by atoms with Crippen molar-refractivity contribution in [2.24, 2.45) is 17.3 Å². The molecule has 0 saturated heterocycles. The zero-order valence-electron chi connectivity index (χ0n) is 12.4. The quantitative estimate of drug-likeness (QED) is 0.698. The summed E-state index contributed by atoms with van der Waals surface area (Å²) in [5, 5.41) is 0. The smallest absolute Gasteiger partial charge is 0.0673 e. The first-order valence-electron chi connectivity index (χ1n) is 7.62. The van der Waals surface area contributed by atoms with E-state index in [1.165, 1.54) is 32.1 Å². The molecule has 0 amide bonds. The van der Waals surface area contributed by atoms with Crippen LogP contribution in [0.4, 0.5) is 0 Å². The van der Waals surface area contributed by atoms with E-state index in [1.54, 1.807) is 5.57 Å². The normalized spacial score (nSPS) is 39.3. The second-order valence-corrected chi connectivity index (χ2v) is 5.98. The largest absolute Gasteiger partial charge is 0.381 e. The Kier molecular flexibility index (Phi) is 4.32. The number of methoxy groups -OCH3 is 1. The Morgan fingerprint density at radius 3 is 2.78 bits per heavy atom. The lowest BCUT2D eigenvalue weighted by Gasteiger charge is -2.52. The van der Waals surface area contributed by atoms with Crippen molar-refractivity contribution < 1.29 is 4.74 Å². The number of hydrogen-bond acceptors (Lipinski definition) is 1. The van der Waals surface area contributed by atoms with Crippen molar-refractivity contribution in [3.8, 4) is 0 Å². The summed E-state index contributed by atoms with van der Waals surface area (Å²) in [6.07, 6.45) is 13.8. The molecule has 0 heterocycles. The second kappa shape index (κ2) is 5.61. The topological polar surface area (TPSA) is 9.23 Å². The molecular weight excluding hydrogens is 220 g/mol. The van der Waals surface area contributed by atoms with Gasteiger partial charge in [0, 0.05) is 12.5 Å². The fraction of sp³-hybridized carbons (Fsp3) is 0.765. The molecule has 1 nitrogen and oxygen atoms in total. The van der Waals surface area contributed by atoms with Gasteiger partial charge >= 0.3 is 0 Å². The molecular formula is C17H28O. The van der Waals surface area contributed by atoms with Crippen molar-refractivity contribution in [3.63, 3.8) is 0 Å². The van der Waals surface area contributed by atoms with Gasteiger partial charge in [0.15, 0.2) is 0 Å². The molecule has 2 aliphatic rings. The Labute approximate surface area is 112 Å². The van der Waals surface area contributed by atoms with Crippen molar-refractivity contribution in [2.45, 2.75) is 59.0 Å². The van der Waals surface area contributed by atoms with Crippen LogP contribution in [0.5, 0.6) is 0 Å². The van der Waals surface area contributed by atoms with Crippen LogP contribution in [0.1, 0.15) is 52.9 Å². The van der Waals surface area contributed by atoms with Crippen molar-refractivity contribution in [1.29, 1.82) is 0 Å². The molecule has 1 heteroatoms. The van der Waals surface area contributed by atoms with E-state index in [9.17, 15) is 0 Å². The Morgan fingerprint density at radius 1 is 1.39 bits per heavy atom. The molecule has 2 aliphatic carbocycles. The minimum Gasteiger partial charge on any atom is -0.381 e. The van der Waals surface area contributed by atoms with Gasteiger partial charge in [-0.2, -0.15) is 0 Å². The molecule has 0 aromatic carbocycles. The van der Waals surface area contributed by atoms with Gasteiger partial charge in [-0.1, -0.05) is 51.8 Å². The summed E-state index contributed by atoms with van der Waals surface area (Å²) in [5.41, 5.74) is 1.84. The van der Waals surface area contributed by atoms with E-state index in [0.29, 0.717) is 12.0 Å². The van der Waals surface area contributed by atoms with Gasteiger partial charge in [0.2, 0.25) is 0 Å². The van der Waals surface area contributed by atoms with E-state index in [4.69, 9.17) is 4.74 Å². The zero-order chi connectivity index (χ0) is 13.2. The highest BCUT2D eigenvalue weighted by Crippen LogP contribution is 2.55. The van der Waals surface area contributed by atoms with Crippen molar-refractivity contribution in [2.75, 3.05) is 7.11 Å². The number of rotatable bonds is 4. The first-order chi connectivity index (χ1) is 8.70. The summed E-state index contributed by atoms with van der Waals surface area (Å²) < 4.78 is 5.92. The van der Waals surface area contributed by atoms with Crippen LogP contribution in [0, 0.1) is 17.3 Å². The van der Waals surface area contributed by atoms with E-state index in [2.05, 4.69) is 39.0 Å². The second-order valence-electron chi connectivity index (χ2n) is 5.98. The fourth-order valence-electron chi connectivity index (χ4n) is 4.53. The van der Waals surface area contributed by atoms with Crippen LogP contribution in [0.2, 0.25) is 0 Å². The van der Waals surface area contributed by atoms with Gasteiger partial charge in [-0.05, 0) is 36.7 Å². The molecule has 0 aliphatic heterocycles. The van der Waals surface area contributed by atoms with Gasteiger partial charge in [0.05, 0.1) is 6.10 Å². The molecule has 0 radical (unpaired) electrons. The lowest BCUT2D eigenvalue weighted by Crippen LogP contribution is -2.49. The fourth-order valence-corrected chi connectivity index (χ4v) is 4.53. The maximum absolute atomic E-state index is 5.92. The van der Waals surface area contributed by atoms with E-state index in [-0.39, 0.29) is 5.41 Å². The average Bonchev–Trinajstić information content (AvgIpc) is 2.38. The van der Waals surface area contributed by atoms with Gasteiger partial charge in [-0.3, -0.25) is 0 Å². The minimum atomic E-state index is 0.282. The molecule has 0 fully saturated rings. The molecule has 18 heavy (non-hydrogen) atoms. The summed E-state index contributed by atoms with van der Waals surface area (Å²) >= 11 is 0. The highest BCUT2D eigenvalue weighted by molar-refractivity contribution is 5.36. The SMILES string of the molecule is CCC[C@@]12C(=CCC[C@@H]1OC)C=C[C@H](C)[C@@H]2CC.